The lowest BCUT2D eigenvalue weighted by molar-refractivity contribution is -0.0537. The van der Waals surface area contributed by atoms with E-state index in [9.17, 15) is 9.00 Å². The number of fused-ring (bicyclic) bond motifs is 2. The van der Waals surface area contributed by atoms with E-state index in [1.807, 2.05) is 30.3 Å². The van der Waals surface area contributed by atoms with Crippen molar-refractivity contribution in [3.8, 4) is 0 Å². The Hall–Kier alpha value is -3.13. The highest BCUT2D eigenvalue weighted by molar-refractivity contribution is 7.75. The Kier molecular flexibility index (Phi) is 5.23. The summed E-state index contributed by atoms with van der Waals surface area (Å²) < 4.78 is 35.4. The maximum absolute atomic E-state index is 12.5. The predicted octanol–water partition coefficient (Wildman–Crippen LogP) is 0.595. The minimum Gasteiger partial charge on any atom is -0.438 e. The number of aromatic nitrogens is 4. The second kappa shape index (κ2) is 8.19. The number of amides is 1. The van der Waals surface area contributed by atoms with E-state index in [2.05, 4.69) is 20.3 Å². The predicted molar refractivity (Wildman–Crippen MR) is 106 cm³/mol. The molecule has 5 rings (SSSR count). The molecule has 3 N–H and O–H groups in total. The molecular weight excluding hydrogens is 428 g/mol. The zero-order valence-corrected chi connectivity index (χ0v) is 16.8. The van der Waals surface area contributed by atoms with Gasteiger partial charge in [-0.2, -0.15) is 4.21 Å². The third-order valence-corrected chi connectivity index (χ3v) is 5.70. The number of nitrogens with two attached hydrogens (primary N) is 1. The largest absolute Gasteiger partial charge is 0.438 e. The number of anilines is 1. The Morgan fingerprint density at radius 1 is 1.29 bits per heavy atom. The lowest BCUT2D eigenvalue weighted by atomic mass is 10.1. The minimum absolute atomic E-state index is 0.0169. The number of benzene rings is 1. The number of hydrogen-bond donors (Lipinski definition) is 2. The van der Waals surface area contributed by atoms with E-state index in [1.54, 1.807) is 4.57 Å². The molecular formula is C18H18N6O6S. The van der Waals surface area contributed by atoms with Crippen molar-refractivity contribution < 1.29 is 26.8 Å². The molecule has 31 heavy (non-hydrogen) atoms. The summed E-state index contributed by atoms with van der Waals surface area (Å²) in [4.78, 5) is 24.9. The summed E-state index contributed by atoms with van der Waals surface area (Å²) in [7, 11) is 0. The molecule has 0 saturated carbocycles. The topological polar surface area (TPSA) is 153 Å². The number of ether oxygens (including phenoxy) is 2. The standard InChI is InChI=1S/C18H18N6O6S/c19-15-12-16(22-8-21-15)24(9-23-12)17-14(13-11(28-17)7-27-31(26)30-13)29-18(25)20-6-10-4-2-1-3-5-10/h1-5,8-9,11,13-14,17H,6-7H2,(H,20,25)(H2,19,21,22)/t11-,13+,14-,17-,31?/m1/s1. The molecule has 2 saturated heterocycles. The molecule has 1 amide bonds. The molecule has 0 radical (unpaired) electrons. The molecule has 1 unspecified atom stereocenters. The summed E-state index contributed by atoms with van der Waals surface area (Å²) in [5.41, 5.74) is 7.56. The molecule has 5 atom stereocenters. The SMILES string of the molecule is Nc1ncnc2c1ncn2[C@@H]1O[C@@H]2COS(=O)O[C@@H]2[C@H]1OC(=O)NCc1ccccc1. The number of imidazole rings is 1. The Bertz CT molecular complexity index is 1130. The van der Waals surface area contributed by atoms with Crippen LogP contribution < -0.4 is 11.1 Å². The van der Waals surface area contributed by atoms with Crippen LogP contribution in [0.25, 0.3) is 11.2 Å². The van der Waals surface area contributed by atoms with Gasteiger partial charge >= 0.3 is 17.5 Å². The maximum Gasteiger partial charge on any atom is 0.407 e. The number of hydrogen-bond acceptors (Lipinski definition) is 10. The molecule has 0 aliphatic carbocycles. The van der Waals surface area contributed by atoms with E-state index in [0.717, 1.165) is 5.56 Å². The third-order valence-electron chi connectivity index (χ3n) is 4.99. The van der Waals surface area contributed by atoms with Gasteiger partial charge in [-0.15, -0.1) is 0 Å². The number of nitrogens with zero attached hydrogens (tertiary/aromatic N) is 4. The van der Waals surface area contributed by atoms with Gasteiger partial charge in [0.05, 0.1) is 12.9 Å². The average Bonchev–Trinajstić information content (AvgIpc) is 3.35. The van der Waals surface area contributed by atoms with E-state index in [-0.39, 0.29) is 19.0 Å². The van der Waals surface area contributed by atoms with E-state index < -0.39 is 42.0 Å². The van der Waals surface area contributed by atoms with Gasteiger partial charge in [0, 0.05) is 6.54 Å². The van der Waals surface area contributed by atoms with Crippen LogP contribution in [0.2, 0.25) is 0 Å². The van der Waals surface area contributed by atoms with Gasteiger partial charge in [0.15, 0.2) is 23.8 Å². The van der Waals surface area contributed by atoms with Crippen LogP contribution in [-0.2, 0) is 35.7 Å². The summed E-state index contributed by atoms with van der Waals surface area (Å²) in [6.07, 6.45) is -1.12. The number of nitrogen functional groups attached to an aromatic ring is 1. The average molecular weight is 446 g/mol. The second-order valence-corrected chi connectivity index (χ2v) is 7.74. The molecule has 0 bridgehead atoms. The first-order valence-corrected chi connectivity index (χ1v) is 10.4. The number of rotatable bonds is 4. The van der Waals surface area contributed by atoms with E-state index >= 15 is 0 Å². The number of carbonyl (C=O) groups excluding carboxylic acids is 1. The quantitative estimate of drug-likeness (QED) is 0.582. The first kappa shape index (κ1) is 19.8. The van der Waals surface area contributed by atoms with Gasteiger partial charge in [-0.3, -0.25) is 12.9 Å². The van der Waals surface area contributed by atoms with Gasteiger partial charge in [0.25, 0.3) is 0 Å². The summed E-state index contributed by atoms with van der Waals surface area (Å²) in [6.45, 7) is 0.294. The summed E-state index contributed by atoms with van der Waals surface area (Å²) in [5, 5.41) is 2.69. The van der Waals surface area contributed by atoms with Gasteiger partial charge in [0.2, 0.25) is 0 Å². The molecule has 0 spiro atoms. The summed E-state index contributed by atoms with van der Waals surface area (Å²) in [6, 6.07) is 9.39. The molecule has 13 heteroatoms. The van der Waals surface area contributed by atoms with Crippen LogP contribution in [0.3, 0.4) is 0 Å². The lowest BCUT2D eigenvalue weighted by Gasteiger charge is -2.26. The third kappa shape index (κ3) is 3.83. The molecule has 2 aliphatic rings. The highest BCUT2D eigenvalue weighted by Gasteiger charge is 2.53. The fraction of sp³-hybridized carbons (Fsp3) is 0.333. The molecule has 2 aliphatic heterocycles. The van der Waals surface area contributed by atoms with Gasteiger partial charge in [-0.05, 0) is 5.56 Å². The molecule has 3 aromatic rings. The van der Waals surface area contributed by atoms with E-state index in [0.29, 0.717) is 11.2 Å². The van der Waals surface area contributed by atoms with Gasteiger partial charge < -0.3 is 20.5 Å². The Labute approximate surface area is 178 Å². The van der Waals surface area contributed by atoms with Crippen molar-refractivity contribution in [2.24, 2.45) is 0 Å². The van der Waals surface area contributed by atoms with Crippen molar-refractivity contribution >= 4 is 34.4 Å². The van der Waals surface area contributed by atoms with Crippen molar-refractivity contribution in [2.45, 2.75) is 31.1 Å². The molecule has 4 heterocycles. The molecule has 2 aromatic heterocycles. The lowest BCUT2D eigenvalue weighted by Crippen LogP contribution is -2.44. The molecule has 162 valence electrons. The highest BCUT2D eigenvalue weighted by atomic mass is 32.2. The van der Waals surface area contributed by atoms with Crippen molar-refractivity contribution in [1.82, 2.24) is 24.8 Å². The van der Waals surface area contributed by atoms with Crippen LogP contribution in [0, 0.1) is 0 Å². The maximum atomic E-state index is 12.5. The summed E-state index contributed by atoms with van der Waals surface area (Å²) >= 11 is -1.97. The normalized spacial score (nSPS) is 27.7. The monoisotopic (exact) mass is 446 g/mol. The first-order valence-electron chi connectivity index (χ1n) is 9.39. The van der Waals surface area contributed by atoms with Crippen molar-refractivity contribution in [3.63, 3.8) is 0 Å². The molecule has 12 nitrogen and oxygen atoms in total. The van der Waals surface area contributed by atoms with Crippen LogP contribution in [0.4, 0.5) is 10.6 Å². The van der Waals surface area contributed by atoms with Crippen LogP contribution in [0.15, 0.2) is 43.0 Å². The summed E-state index contributed by atoms with van der Waals surface area (Å²) in [5.74, 6) is 0.206. The Balaban J connectivity index is 1.40. The van der Waals surface area contributed by atoms with E-state index in [4.69, 9.17) is 23.6 Å². The van der Waals surface area contributed by atoms with Crippen LogP contribution in [0.1, 0.15) is 11.8 Å². The minimum atomic E-state index is -1.97. The number of carbonyl (C=O) groups is 1. The van der Waals surface area contributed by atoms with Crippen LogP contribution >= 0.6 is 0 Å². The Morgan fingerprint density at radius 2 is 2.13 bits per heavy atom. The highest BCUT2D eigenvalue weighted by Crippen LogP contribution is 2.38. The van der Waals surface area contributed by atoms with Gasteiger partial charge in [0.1, 0.15) is 24.1 Å². The molecule has 2 fully saturated rings. The van der Waals surface area contributed by atoms with Gasteiger partial charge in [-0.25, -0.2) is 19.7 Å². The smallest absolute Gasteiger partial charge is 0.407 e. The van der Waals surface area contributed by atoms with Crippen molar-refractivity contribution in [1.29, 1.82) is 0 Å². The number of alkyl carbamates (subject to hydrolysis) is 1. The fourth-order valence-corrected chi connectivity index (χ4v) is 4.26. The van der Waals surface area contributed by atoms with Crippen LogP contribution in [-0.4, -0.2) is 54.7 Å². The Morgan fingerprint density at radius 3 is 2.97 bits per heavy atom. The zero-order valence-electron chi connectivity index (χ0n) is 16.0. The fourth-order valence-electron chi connectivity index (χ4n) is 3.54. The van der Waals surface area contributed by atoms with Crippen LogP contribution in [0.5, 0.6) is 0 Å². The van der Waals surface area contributed by atoms with Crippen molar-refractivity contribution in [3.05, 3.63) is 48.5 Å². The van der Waals surface area contributed by atoms with E-state index in [1.165, 1.54) is 12.7 Å². The first-order chi connectivity index (χ1) is 15.1. The number of nitrogens with one attached hydrogen (secondary N) is 1. The van der Waals surface area contributed by atoms with Crippen molar-refractivity contribution in [2.75, 3.05) is 12.3 Å². The zero-order chi connectivity index (χ0) is 21.4. The van der Waals surface area contributed by atoms with Gasteiger partial charge in [-0.1, -0.05) is 30.3 Å². The second-order valence-electron chi connectivity index (χ2n) is 6.91. The molecule has 1 aromatic carbocycles.